The van der Waals surface area contributed by atoms with E-state index in [1.165, 1.54) is 10.0 Å². The molecule has 68 valence electrons. The Kier molecular flexibility index (Phi) is 5.50. The third kappa shape index (κ3) is 5.33. The zero-order valence-electron chi connectivity index (χ0n) is 7.17. The van der Waals surface area contributed by atoms with E-state index in [0.29, 0.717) is 13.1 Å². The largest absolute Gasteiger partial charge is 0.260 e. The molecule has 0 N–H and O–H groups in total. The second kappa shape index (κ2) is 6.26. The van der Waals surface area contributed by atoms with E-state index in [0.717, 1.165) is 0 Å². The summed E-state index contributed by atoms with van der Waals surface area (Å²) in [4.78, 5) is 19.7. The van der Waals surface area contributed by atoms with Gasteiger partial charge in [-0.15, -0.1) is 9.81 Å². The maximum atomic E-state index is 9.85. The Balaban J connectivity index is 3.49. The molecule has 0 spiro atoms. The minimum Gasteiger partial charge on any atom is -0.260 e. The fraction of sp³-hybridized carbons (Fsp3) is 0.667. The van der Waals surface area contributed by atoms with Gasteiger partial charge in [0.25, 0.3) is 0 Å². The van der Waals surface area contributed by atoms with Gasteiger partial charge in [-0.3, -0.25) is 10.0 Å². The first-order valence-corrected chi connectivity index (χ1v) is 3.44. The number of nitroso groups, excluding NO2 is 2. The van der Waals surface area contributed by atoms with Crippen molar-refractivity contribution >= 4 is 0 Å². The Labute approximate surface area is 70.7 Å². The molecule has 0 aliphatic heterocycles. The molecule has 6 nitrogen and oxygen atoms in total. The number of hydrogen-bond acceptors (Lipinski definition) is 4. The monoisotopic (exact) mass is 172 g/mol. The molecule has 0 bridgehead atoms. The van der Waals surface area contributed by atoms with Crippen LogP contribution in [0.4, 0.5) is 0 Å². The van der Waals surface area contributed by atoms with Gasteiger partial charge >= 0.3 is 0 Å². The van der Waals surface area contributed by atoms with Gasteiger partial charge in [0.1, 0.15) is 0 Å². The van der Waals surface area contributed by atoms with Crippen LogP contribution in [0.1, 0.15) is 0 Å². The van der Waals surface area contributed by atoms with Gasteiger partial charge in [0.05, 0.1) is 23.7 Å². The Hall–Kier alpha value is -1.46. The molecule has 0 heterocycles. The zero-order valence-corrected chi connectivity index (χ0v) is 7.17. The highest BCUT2D eigenvalue weighted by molar-refractivity contribution is 4.85. The van der Waals surface area contributed by atoms with E-state index in [-0.39, 0.29) is 0 Å². The maximum absolute atomic E-state index is 9.85. The molecule has 0 saturated carbocycles. The first kappa shape index (κ1) is 10.5. The van der Waals surface area contributed by atoms with E-state index in [1.807, 2.05) is 0 Å². The summed E-state index contributed by atoms with van der Waals surface area (Å²) in [5, 5.41) is 7.80. The Morgan fingerprint density at radius 1 is 1.00 bits per heavy atom. The molecule has 0 atom stereocenters. The Morgan fingerprint density at radius 2 is 1.33 bits per heavy atom. The van der Waals surface area contributed by atoms with E-state index < -0.39 is 0 Å². The van der Waals surface area contributed by atoms with Gasteiger partial charge in [-0.2, -0.15) is 0 Å². The predicted molar refractivity (Wildman–Crippen MR) is 46.0 cm³/mol. The van der Waals surface area contributed by atoms with E-state index in [4.69, 9.17) is 0 Å². The first-order valence-electron chi connectivity index (χ1n) is 3.44. The van der Waals surface area contributed by atoms with Crippen LogP contribution >= 0.6 is 0 Å². The summed E-state index contributed by atoms with van der Waals surface area (Å²) in [6.45, 7) is 0.881. The van der Waals surface area contributed by atoms with Gasteiger partial charge < -0.3 is 0 Å². The van der Waals surface area contributed by atoms with Crippen LogP contribution in [-0.4, -0.2) is 37.2 Å². The summed E-state index contributed by atoms with van der Waals surface area (Å²) in [6.07, 6.45) is 3.48. The van der Waals surface area contributed by atoms with Crippen LogP contribution in [-0.2, 0) is 0 Å². The van der Waals surface area contributed by atoms with Crippen LogP contribution < -0.4 is 0 Å². The van der Waals surface area contributed by atoms with Crippen molar-refractivity contribution in [3.63, 3.8) is 0 Å². The summed E-state index contributed by atoms with van der Waals surface area (Å²) < 4.78 is 0. The molecule has 12 heavy (non-hydrogen) atoms. The lowest BCUT2D eigenvalue weighted by molar-refractivity contribution is 0.379. The third-order valence-corrected chi connectivity index (χ3v) is 1.18. The van der Waals surface area contributed by atoms with Crippen molar-refractivity contribution in [1.82, 2.24) is 10.0 Å². The molecule has 0 fully saturated rings. The lowest BCUT2D eigenvalue weighted by Gasteiger charge is -2.04. The second-order valence-corrected chi connectivity index (χ2v) is 2.32. The van der Waals surface area contributed by atoms with Crippen LogP contribution in [0.25, 0.3) is 0 Å². The molecule has 0 radical (unpaired) electrons. The molecule has 0 aliphatic rings. The SMILES string of the molecule is CN(C/C=C/CN(C)N=O)N=O. The van der Waals surface area contributed by atoms with Crippen molar-refractivity contribution in [1.29, 1.82) is 0 Å². The van der Waals surface area contributed by atoms with Crippen LogP contribution in [0.15, 0.2) is 22.7 Å². The highest BCUT2D eigenvalue weighted by Gasteiger charge is 1.89. The van der Waals surface area contributed by atoms with Gasteiger partial charge in [-0.1, -0.05) is 12.2 Å². The summed E-state index contributed by atoms with van der Waals surface area (Å²) >= 11 is 0. The number of hydrogen-bond donors (Lipinski definition) is 0. The zero-order chi connectivity index (χ0) is 9.40. The van der Waals surface area contributed by atoms with Crippen LogP contribution in [0.5, 0.6) is 0 Å². The summed E-state index contributed by atoms with van der Waals surface area (Å²) in [7, 11) is 3.14. The normalized spacial score (nSPS) is 9.83. The van der Waals surface area contributed by atoms with E-state index in [1.54, 1.807) is 26.2 Å². The van der Waals surface area contributed by atoms with Crippen molar-refractivity contribution in [3.8, 4) is 0 Å². The highest BCUT2D eigenvalue weighted by atomic mass is 16.3. The topological polar surface area (TPSA) is 65.3 Å². The lowest BCUT2D eigenvalue weighted by Crippen LogP contribution is -2.11. The quantitative estimate of drug-likeness (QED) is 0.337. The van der Waals surface area contributed by atoms with Gasteiger partial charge in [0, 0.05) is 14.1 Å². The lowest BCUT2D eigenvalue weighted by atomic mass is 10.5. The average molecular weight is 172 g/mol. The van der Waals surface area contributed by atoms with Crippen LogP contribution in [0.3, 0.4) is 0 Å². The van der Waals surface area contributed by atoms with Crippen LogP contribution in [0, 0.1) is 9.81 Å². The highest BCUT2D eigenvalue weighted by Crippen LogP contribution is 1.86. The fourth-order valence-electron chi connectivity index (χ4n) is 0.521. The van der Waals surface area contributed by atoms with Crippen molar-refractivity contribution in [2.75, 3.05) is 27.2 Å². The minimum atomic E-state index is 0.441. The number of likely N-dealkylation sites (N-methyl/N-ethyl adjacent to an activating group) is 2. The average Bonchev–Trinajstić information content (AvgIpc) is 2.11. The Bertz CT molecular complexity index is 153. The van der Waals surface area contributed by atoms with E-state index in [2.05, 4.69) is 10.6 Å². The number of rotatable bonds is 6. The first-order chi connectivity index (χ1) is 5.70. The maximum Gasteiger partial charge on any atom is 0.0570 e. The molecule has 6 heteroatoms. The molecule has 0 amide bonds. The summed E-state index contributed by atoms with van der Waals surface area (Å²) in [5.41, 5.74) is 0. The van der Waals surface area contributed by atoms with E-state index >= 15 is 0 Å². The van der Waals surface area contributed by atoms with Gasteiger partial charge in [0.2, 0.25) is 0 Å². The van der Waals surface area contributed by atoms with Gasteiger partial charge in [0.15, 0.2) is 0 Å². The Morgan fingerprint density at radius 3 is 1.58 bits per heavy atom. The van der Waals surface area contributed by atoms with Crippen LogP contribution in [0.2, 0.25) is 0 Å². The molecule has 0 rings (SSSR count). The smallest absolute Gasteiger partial charge is 0.0570 e. The minimum absolute atomic E-state index is 0.441. The molecule has 0 unspecified atom stereocenters. The van der Waals surface area contributed by atoms with Crippen molar-refractivity contribution in [3.05, 3.63) is 22.0 Å². The molecule has 0 aliphatic carbocycles. The van der Waals surface area contributed by atoms with Gasteiger partial charge in [-0.25, -0.2) is 0 Å². The van der Waals surface area contributed by atoms with Crippen molar-refractivity contribution < 1.29 is 0 Å². The number of nitrogens with zero attached hydrogens (tertiary/aromatic N) is 4. The van der Waals surface area contributed by atoms with Crippen molar-refractivity contribution in [2.45, 2.75) is 0 Å². The molecular weight excluding hydrogens is 160 g/mol. The van der Waals surface area contributed by atoms with Gasteiger partial charge in [-0.05, 0) is 0 Å². The molecule has 0 aromatic heterocycles. The van der Waals surface area contributed by atoms with Crippen molar-refractivity contribution in [2.24, 2.45) is 10.6 Å². The third-order valence-electron chi connectivity index (χ3n) is 1.18. The standard InChI is InChI=1S/C6H12N4O2/c1-9(7-11)5-3-4-6-10(2)8-12/h3-4H,5-6H2,1-2H3/b4-3+. The van der Waals surface area contributed by atoms with E-state index in [9.17, 15) is 9.81 Å². The summed E-state index contributed by atoms with van der Waals surface area (Å²) in [6, 6.07) is 0. The summed E-state index contributed by atoms with van der Waals surface area (Å²) in [5.74, 6) is 0. The molecule has 0 aromatic rings. The molecule has 0 saturated heterocycles. The fourth-order valence-corrected chi connectivity index (χ4v) is 0.521. The second-order valence-electron chi connectivity index (χ2n) is 2.32. The molecule has 0 aromatic carbocycles. The molecular formula is C6H12N4O2. The predicted octanol–water partition coefficient (Wildman–Crippen LogP) is 0.769.